The van der Waals surface area contributed by atoms with Crippen molar-refractivity contribution in [1.82, 2.24) is 19.5 Å². The highest BCUT2D eigenvalue weighted by Gasteiger charge is 2.55. The molecule has 6 rings (SSSR count). The van der Waals surface area contributed by atoms with E-state index in [0.717, 1.165) is 40.6 Å². The molecule has 5 heterocycles. The second kappa shape index (κ2) is 8.11. The van der Waals surface area contributed by atoms with E-state index < -0.39 is 11.6 Å². The smallest absolute Gasteiger partial charge is 0.165 e. The van der Waals surface area contributed by atoms with Crippen molar-refractivity contribution < 1.29 is 18.6 Å². The summed E-state index contributed by atoms with van der Waals surface area (Å²) in [6, 6.07) is 9.18. The summed E-state index contributed by atoms with van der Waals surface area (Å²) in [5, 5.41) is 4.73. The van der Waals surface area contributed by atoms with E-state index in [1.54, 1.807) is 0 Å². The molecule has 2 aliphatic rings. The molecule has 2 saturated heterocycles. The zero-order valence-electron chi connectivity index (χ0n) is 19.7. The number of pyridine rings is 1. The van der Waals surface area contributed by atoms with Crippen LogP contribution in [0.1, 0.15) is 32.1 Å². The number of fused-ring (bicyclic) bond motifs is 3. The van der Waals surface area contributed by atoms with Gasteiger partial charge >= 0.3 is 0 Å². The first-order valence-electron chi connectivity index (χ1n) is 11.7. The van der Waals surface area contributed by atoms with Crippen LogP contribution in [-0.2, 0) is 20.6 Å². The average molecular weight is 479 g/mol. The maximum Gasteiger partial charge on any atom is 0.165 e. The standard InChI is InChI=1S/C25H27FN6O3/c1-25(2)34-19-18(7-5-13-4-6-14-11-16(26)21(27)31-17(14)10-13)33-24(20(19)35-25)32-9-8-15-22(28-3)29-12-30-23(15)32/h4,6,8-12,18-20,24H,5,7H2,1-3H3,(H2,27,31)(H,28,29,30)/t18-,19-,20-,24?/m1/s1. The van der Waals surface area contributed by atoms with Crippen LogP contribution in [0.4, 0.5) is 16.0 Å². The Morgan fingerprint density at radius 3 is 2.80 bits per heavy atom. The maximum absolute atomic E-state index is 13.7. The van der Waals surface area contributed by atoms with Gasteiger partial charge in [0.1, 0.15) is 30.0 Å². The number of anilines is 2. The van der Waals surface area contributed by atoms with Gasteiger partial charge in [0.15, 0.2) is 23.7 Å². The van der Waals surface area contributed by atoms with E-state index in [-0.39, 0.29) is 30.4 Å². The van der Waals surface area contributed by atoms with Crippen LogP contribution in [-0.4, -0.2) is 50.7 Å². The molecular weight excluding hydrogens is 451 g/mol. The largest absolute Gasteiger partial charge is 0.381 e. The zero-order valence-corrected chi connectivity index (χ0v) is 19.7. The van der Waals surface area contributed by atoms with Crippen molar-refractivity contribution in [2.45, 2.75) is 57.0 Å². The second-order valence-corrected chi connectivity index (χ2v) is 9.48. The molecule has 0 amide bonds. The molecule has 182 valence electrons. The SMILES string of the molecule is CNc1ncnc2c1ccn2C1O[C@H](CCc2ccc3cc(F)c(N)nc3c2)[C@H]2OC(C)(C)O[C@@H]12. The number of ether oxygens (including phenoxy) is 3. The Hall–Kier alpha value is -3.34. The Morgan fingerprint density at radius 2 is 1.97 bits per heavy atom. The summed E-state index contributed by atoms with van der Waals surface area (Å²) in [5.41, 5.74) is 8.17. The fourth-order valence-corrected chi connectivity index (χ4v) is 5.16. The number of hydrogen-bond donors (Lipinski definition) is 2. The average Bonchev–Trinajstić information content (AvgIpc) is 3.49. The predicted molar refractivity (Wildman–Crippen MR) is 129 cm³/mol. The second-order valence-electron chi connectivity index (χ2n) is 9.48. The van der Waals surface area contributed by atoms with E-state index in [1.807, 2.05) is 55.9 Å². The van der Waals surface area contributed by atoms with Crippen molar-refractivity contribution >= 4 is 33.6 Å². The first-order chi connectivity index (χ1) is 16.8. The highest BCUT2D eigenvalue weighted by Crippen LogP contribution is 2.45. The van der Waals surface area contributed by atoms with Crippen LogP contribution in [0.3, 0.4) is 0 Å². The number of nitrogen functional groups attached to an aromatic ring is 1. The molecule has 1 aromatic carbocycles. The van der Waals surface area contributed by atoms with E-state index in [1.165, 1.54) is 12.4 Å². The van der Waals surface area contributed by atoms with Crippen LogP contribution >= 0.6 is 0 Å². The Kier molecular flexibility index (Phi) is 5.13. The molecule has 3 aromatic heterocycles. The molecule has 0 spiro atoms. The minimum atomic E-state index is -0.710. The molecule has 4 aromatic rings. The van der Waals surface area contributed by atoms with Gasteiger partial charge in [0.2, 0.25) is 0 Å². The summed E-state index contributed by atoms with van der Waals surface area (Å²) in [6.07, 6.45) is 3.88. The fraction of sp³-hybridized carbons (Fsp3) is 0.400. The summed E-state index contributed by atoms with van der Waals surface area (Å²) in [7, 11) is 1.83. The van der Waals surface area contributed by atoms with Gasteiger partial charge in [-0.2, -0.15) is 0 Å². The first-order valence-corrected chi connectivity index (χ1v) is 11.7. The Bertz CT molecular complexity index is 1420. The molecule has 0 saturated carbocycles. The molecule has 0 aliphatic carbocycles. The molecule has 1 unspecified atom stereocenters. The van der Waals surface area contributed by atoms with Gasteiger partial charge in [-0.1, -0.05) is 12.1 Å². The van der Waals surface area contributed by atoms with Crippen molar-refractivity contribution in [3.05, 3.63) is 54.2 Å². The maximum atomic E-state index is 13.7. The van der Waals surface area contributed by atoms with Gasteiger partial charge in [-0.25, -0.2) is 19.3 Å². The summed E-state index contributed by atoms with van der Waals surface area (Å²) in [4.78, 5) is 13.0. The lowest BCUT2D eigenvalue weighted by Gasteiger charge is -2.25. The normalized spacial score (nSPS) is 25.4. The van der Waals surface area contributed by atoms with Gasteiger partial charge < -0.3 is 29.8 Å². The topological polar surface area (TPSA) is 109 Å². The summed E-state index contributed by atoms with van der Waals surface area (Å²) < 4.78 is 34.8. The molecule has 0 bridgehead atoms. The molecular formula is C25H27FN6O3. The number of aryl methyl sites for hydroxylation is 1. The van der Waals surface area contributed by atoms with Crippen LogP contribution in [0.5, 0.6) is 0 Å². The van der Waals surface area contributed by atoms with Crippen LogP contribution in [0.2, 0.25) is 0 Å². The molecule has 35 heavy (non-hydrogen) atoms. The van der Waals surface area contributed by atoms with Gasteiger partial charge in [0.25, 0.3) is 0 Å². The number of nitrogens with two attached hydrogens (primary N) is 1. The lowest BCUT2D eigenvalue weighted by atomic mass is 10.0. The minimum Gasteiger partial charge on any atom is -0.381 e. The number of aromatic nitrogens is 4. The van der Waals surface area contributed by atoms with Crippen molar-refractivity contribution in [2.24, 2.45) is 0 Å². The van der Waals surface area contributed by atoms with E-state index in [9.17, 15) is 4.39 Å². The van der Waals surface area contributed by atoms with Gasteiger partial charge in [-0.3, -0.25) is 0 Å². The Balaban J connectivity index is 1.27. The van der Waals surface area contributed by atoms with Crippen molar-refractivity contribution in [2.75, 3.05) is 18.1 Å². The van der Waals surface area contributed by atoms with Crippen LogP contribution in [0.15, 0.2) is 42.9 Å². The molecule has 3 N–H and O–H groups in total. The number of nitrogens with one attached hydrogen (secondary N) is 1. The number of rotatable bonds is 5. The predicted octanol–water partition coefficient (Wildman–Crippen LogP) is 3.79. The third-order valence-electron chi connectivity index (χ3n) is 6.73. The molecule has 0 radical (unpaired) electrons. The molecule has 9 nitrogen and oxygen atoms in total. The summed E-state index contributed by atoms with van der Waals surface area (Å²) in [6.45, 7) is 3.85. The highest BCUT2D eigenvalue weighted by atomic mass is 19.1. The minimum absolute atomic E-state index is 0.0950. The lowest BCUT2D eigenvalue weighted by molar-refractivity contribution is -0.196. The van der Waals surface area contributed by atoms with Gasteiger partial charge in [-0.05, 0) is 50.5 Å². The quantitative estimate of drug-likeness (QED) is 0.446. The third-order valence-corrected chi connectivity index (χ3v) is 6.73. The molecule has 2 aliphatic heterocycles. The van der Waals surface area contributed by atoms with Crippen LogP contribution in [0.25, 0.3) is 21.9 Å². The number of benzene rings is 1. The number of nitrogens with zero attached hydrogens (tertiary/aromatic N) is 4. The molecule has 2 fully saturated rings. The monoisotopic (exact) mass is 478 g/mol. The first kappa shape index (κ1) is 22.1. The summed E-state index contributed by atoms with van der Waals surface area (Å²) >= 11 is 0. The van der Waals surface area contributed by atoms with Crippen LogP contribution in [0, 0.1) is 5.82 Å². The molecule has 10 heteroatoms. The number of halogens is 1. The summed E-state index contributed by atoms with van der Waals surface area (Å²) in [5.74, 6) is -0.554. The molecule has 4 atom stereocenters. The lowest BCUT2D eigenvalue weighted by Crippen LogP contribution is -2.29. The van der Waals surface area contributed by atoms with Gasteiger partial charge in [0.05, 0.1) is 17.0 Å². The van der Waals surface area contributed by atoms with Gasteiger partial charge in [0, 0.05) is 18.6 Å². The zero-order chi connectivity index (χ0) is 24.3. The third kappa shape index (κ3) is 3.78. The highest BCUT2D eigenvalue weighted by molar-refractivity contribution is 5.87. The van der Waals surface area contributed by atoms with Crippen molar-refractivity contribution in [1.29, 1.82) is 0 Å². The van der Waals surface area contributed by atoms with Crippen LogP contribution < -0.4 is 11.1 Å². The van der Waals surface area contributed by atoms with E-state index in [4.69, 9.17) is 19.9 Å². The fourth-order valence-electron chi connectivity index (χ4n) is 5.16. The van der Waals surface area contributed by atoms with Crippen molar-refractivity contribution in [3.63, 3.8) is 0 Å². The number of hydrogen-bond acceptors (Lipinski definition) is 8. The van der Waals surface area contributed by atoms with Crippen molar-refractivity contribution in [3.8, 4) is 0 Å². The van der Waals surface area contributed by atoms with E-state index in [0.29, 0.717) is 5.52 Å². The van der Waals surface area contributed by atoms with E-state index >= 15 is 0 Å². The van der Waals surface area contributed by atoms with E-state index in [2.05, 4.69) is 20.3 Å². The van der Waals surface area contributed by atoms with Gasteiger partial charge in [-0.15, -0.1) is 0 Å². The Labute approximate surface area is 201 Å². The Morgan fingerprint density at radius 1 is 1.14 bits per heavy atom.